The molecule has 0 atom stereocenters. The van der Waals surface area contributed by atoms with Crippen molar-refractivity contribution in [2.75, 3.05) is 55.9 Å². The van der Waals surface area contributed by atoms with Crippen LogP contribution < -0.4 is 25.0 Å². The molecule has 0 aliphatic carbocycles. The molecule has 2 amide bonds. The standard InChI is InChI=1S/C30H31ClN4O4/c1-19(36)35(14-4-13-34(2)3)23-9-7-22(8-10-23)32-29(20-5-12-26-27(17-20)39-16-15-38-26)28-24-11-6-21(31)18-25(24)33-30(28)37/h5-12,17-18,32H,4,13-16H2,1-3H3,(H,33,37)/b29-28-. The maximum absolute atomic E-state index is 13.2. The van der Waals surface area contributed by atoms with E-state index in [1.807, 2.05) is 62.6 Å². The van der Waals surface area contributed by atoms with E-state index in [0.29, 0.717) is 53.2 Å². The van der Waals surface area contributed by atoms with E-state index in [-0.39, 0.29) is 11.8 Å². The number of halogens is 1. The number of anilines is 3. The van der Waals surface area contributed by atoms with Gasteiger partial charge < -0.3 is 29.9 Å². The van der Waals surface area contributed by atoms with Crippen molar-refractivity contribution >= 4 is 51.7 Å². The van der Waals surface area contributed by atoms with Crippen molar-refractivity contribution in [3.05, 3.63) is 76.8 Å². The van der Waals surface area contributed by atoms with Gasteiger partial charge in [0.25, 0.3) is 5.91 Å². The molecule has 2 aliphatic heterocycles. The van der Waals surface area contributed by atoms with Gasteiger partial charge in [0.15, 0.2) is 11.5 Å². The average molecular weight is 547 g/mol. The first-order chi connectivity index (χ1) is 18.8. The molecule has 39 heavy (non-hydrogen) atoms. The number of nitrogens with one attached hydrogen (secondary N) is 2. The van der Waals surface area contributed by atoms with E-state index >= 15 is 0 Å². The van der Waals surface area contributed by atoms with Crippen LogP contribution in [-0.2, 0) is 9.59 Å². The lowest BCUT2D eigenvalue weighted by molar-refractivity contribution is -0.116. The fourth-order valence-corrected chi connectivity index (χ4v) is 4.93. The van der Waals surface area contributed by atoms with Crippen molar-refractivity contribution in [3.8, 4) is 11.5 Å². The van der Waals surface area contributed by atoms with Gasteiger partial charge in [0.05, 0.1) is 17.0 Å². The molecule has 0 saturated carbocycles. The maximum Gasteiger partial charge on any atom is 0.258 e. The average Bonchev–Trinajstić information content (AvgIpc) is 3.24. The molecular formula is C30H31ClN4O4. The Hall–Kier alpha value is -4.01. The van der Waals surface area contributed by atoms with Crippen LogP contribution >= 0.6 is 11.6 Å². The molecule has 9 heteroatoms. The monoisotopic (exact) mass is 546 g/mol. The van der Waals surface area contributed by atoms with E-state index in [2.05, 4.69) is 15.5 Å². The third kappa shape index (κ3) is 5.87. The topological polar surface area (TPSA) is 83.1 Å². The Balaban J connectivity index is 1.51. The van der Waals surface area contributed by atoms with Crippen molar-refractivity contribution < 1.29 is 19.1 Å². The number of rotatable bonds is 8. The van der Waals surface area contributed by atoms with Crippen LogP contribution in [0.1, 0.15) is 24.5 Å². The molecule has 5 rings (SSSR count). The number of fused-ring (bicyclic) bond motifs is 2. The number of nitrogens with zero attached hydrogens (tertiary/aromatic N) is 2. The first-order valence-corrected chi connectivity index (χ1v) is 13.2. The SMILES string of the molecule is CC(=O)N(CCCN(C)C)c1ccc(N/C(=C2\C(=O)Nc3cc(Cl)ccc32)c2ccc3c(c2)OCCO3)cc1. The molecule has 2 N–H and O–H groups in total. The van der Waals surface area contributed by atoms with Gasteiger partial charge in [-0.1, -0.05) is 17.7 Å². The predicted octanol–water partition coefficient (Wildman–Crippen LogP) is 5.35. The molecule has 0 spiro atoms. The van der Waals surface area contributed by atoms with E-state index in [1.165, 1.54) is 0 Å². The van der Waals surface area contributed by atoms with Gasteiger partial charge in [0, 0.05) is 41.0 Å². The van der Waals surface area contributed by atoms with Crippen molar-refractivity contribution in [2.45, 2.75) is 13.3 Å². The minimum atomic E-state index is -0.232. The summed E-state index contributed by atoms with van der Waals surface area (Å²) in [6, 6.07) is 18.6. The molecule has 0 unspecified atom stereocenters. The normalized spacial score (nSPS) is 15.1. The molecule has 0 saturated heterocycles. The molecule has 8 nitrogen and oxygen atoms in total. The molecule has 2 aliphatic rings. The number of amides is 2. The second-order valence-electron chi connectivity index (χ2n) is 9.75. The Morgan fingerprint density at radius 3 is 2.44 bits per heavy atom. The second kappa shape index (κ2) is 11.4. The second-order valence-corrected chi connectivity index (χ2v) is 10.2. The summed E-state index contributed by atoms with van der Waals surface area (Å²) in [6.45, 7) is 4.06. The third-order valence-corrected chi connectivity index (χ3v) is 6.86. The lowest BCUT2D eigenvalue weighted by Crippen LogP contribution is -2.31. The number of hydrogen-bond donors (Lipinski definition) is 2. The van der Waals surface area contributed by atoms with Crippen LogP contribution in [0.25, 0.3) is 11.3 Å². The van der Waals surface area contributed by atoms with E-state index < -0.39 is 0 Å². The first kappa shape index (κ1) is 26.6. The number of carbonyl (C=O) groups is 2. The quantitative estimate of drug-likeness (QED) is 0.371. The van der Waals surface area contributed by atoms with Crippen LogP contribution in [0, 0.1) is 0 Å². The van der Waals surface area contributed by atoms with Crippen molar-refractivity contribution in [2.24, 2.45) is 0 Å². The van der Waals surface area contributed by atoms with E-state index in [0.717, 1.165) is 35.5 Å². The summed E-state index contributed by atoms with van der Waals surface area (Å²) in [5.41, 5.74) is 4.88. The van der Waals surface area contributed by atoms with Crippen LogP contribution in [-0.4, -0.2) is 57.1 Å². The number of ether oxygens (including phenoxy) is 2. The summed E-state index contributed by atoms with van der Waals surface area (Å²) < 4.78 is 11.5. The summed E-state index contributed by atoms with van der Waals surface area (Å²) in [7, 11) is 4.04. The fourth-order valence-electron chi connectivity index (χ4n) is 4.75. The van der Waals surface area contributed by atoms with E-state index in [4.69, 9.17) is 21.1 Å². The zero-order valence-corrected chi connectivity index (χ0v) is 23.0. The molecule has 0 aromatic heterocycles. The molecule has 3 aromatic rings. The molecule has 2 heterocycles. The van der Waals surface area contributed by atoms with E-state index in [1.54, 1.807) is 24.0 Å². The Morgan fingerprint density at radius 1 is 0.974 bits per heavy atom. The van der Waals surface area contributed by atoms with Crippen LogP contribution in [0.4, 0.5) is 17.1 Å². The van der Waals surface area contributed by atoms with Gasteiger partial charge in [-0.25, -0.2) is 0 Å². The zero-order valence-electron chi connectivity index (χ0n) is 22.2. The molecule has 202 valence electrons. The summed E-state index contributed by atoms with van der Waals surface area (Å²) in [6.07, 6.45) is 0.867. The lowest BCUT2D eigenvalue weighted by atomic mass is 9.99. The Morgan fingerprint density at radius 2 is 1.72 bits per heavy atom. The molecule has 0 radical (unpaired) electrons. The van der Waals surface area contributed by atoms with Gasteiger partial charge in [0.2, 0.25) is 5.91 Å². The highest BCUT2D eigenvalue weighted by Gasteiger charge is 2.29. The molecular weight excluding hydrogens is 516 g/mol. The van der Waals surface area contributed by atoms with Gasteiger partial charge in [-0.3, -0.25) is 9.59 Å². The smallest absolute Gasteiger partial charge is 0.258 e. The van der Waals surface area contributed by atoms with Crippen LogP contribution in [0.15, 0.2) is 60.7 Å². The summed E-state index contributed by atoms with van der Waals surface area (Å²) in [4.78, 5) is 29.5. The highest BCUT2D eigenvalue weighted by molar-refractivity contribution is 6.38. The van der Waals surface area contributed by atoms with Gasteiger partial charge in [0.1, 0.15) is 13.2 Å². The lowest BCUT2D eigenvalue weighted by Gasteiger charge is -2.23. The summed E-state index contributed by atoms with van der Waals surface area (Å²) in [5.74, 6) is 1.05. The van der Waals surface area contributed by atoms with Gasteiger partial charge in [-0.05, 0) is 81.7 Å². The first-order valence-electron chi connectivity index (χ1n) is 12.9. The number of benzene rings is 3. The van der Waals surface area contributed by atoms with Crippen molar-refractivity contribution in [3.63, 3.8) is 0 Å². The minimum Gasteiger partial charge on any atom is -0.486 e. The van der Waals surface area contributed by atoms with Gasteiger partial charge in [-0.2, -0.15) is 0 Å². The summed E-state index contributed by atoms with van der Waals surface area (Å²) in [5, 5.41) is 6.93. The Labute approximate surface area is 233 Å². The Kier molecular flexibility index (Phi) is 7.77. The van der Waals surface area contributed by atoms with Gasteiger partial charge in [-0.15, -0.1) is 0 Å². The Bertz CT molecular complexity index is 1440. The maximum atomic E-state index is 13.2. The van der Waals surface area contributed by atoms with Crippen molar-refractivity contribution in [1.82, 2.24) is 4.90 Å². The highest BCUT2D eigenvalue weighted by Crippen LogP contribution is 2.41. The number of hydrogen-bond acceptors (Lipinski definition) is 6. The van der Waals surface area contributed by atoms with Crippen molar-refractivity contribution in [1.29, 1.82) is 0 Å². The van der Waals surface area contributed by atoms with Crippen LogP contribution in [0.2, 0.25) is 5.02 Å². The van der Waals surface area contributed by atoms with Crippen LogP contribution in [0.3, 0.4) is 0 Å². The fraction of sp³-hybridized carbons (Fsp3) is 0.267. The minimum absolute atomic E-state index is 0.00792. The summed E-state index contributed by atoms with van der Waals surface area (Å²) >= 11 is 6.19. The zero-order chi connectivity index (χ0) is 27.5. The number of carbonyl (C=O) groups excluding carboxylic acids is 2. The molecule has 0 fully saturated rings. The van der Waals surface area contributed by atoms with E-state index in [9.17, 15) is 9.59 Å². The molecule has 0 bridgehead atoms. The molecule has 3 aromatic carbocycles. The highest BCUT2D eigenvalue weighted by atomic mass is 35.5. The third-order valence-electron chi connectivity index (χ3n) is 6.62. The predicted molar refractivity (Wildman–Crippen MR) is 156 cm³/mol. The van der Waals surface area contributed by atoms with Gasteiger partial charge >= 0.3 is 0 Å². The largest absolute Gasteiger partial charge is 0.486 e. The van der Waals surface area contributed by atoms with Crippen LogP contribution in [0.5, 0.6) is 11.5 Å².